The van der Waals surface area contributed by atoms with E-state index in [0.29, 0.717) is 11.4 Å². The van der Waals surface area contributed by atoms with Crippen molar-refractivity contribution in [3.05, 3.63) is 216 Å². The van der Waals surface area contributed by atoms with E-state index in [4.69, 9.17) is 14.7 Å². The van der Waals surface area contributed by atoms with Gasteiger partial charge in [0.25, 0.3) is 0 Å². The van der Waals surface area contributed by atoms with Crippen molar-refractivity contribution in [3.8, 4) is 73.7 Å². The maximum Gasteiger partial charge on any atom is 0.160 e. The first-order chi connectivity index (χ1) is 27.7. The van der Waals surface area contributed by atoms with Crippen LogP contribution in [-0.4, -0.2) is 9.97 Å². The van der Waals surface area contributed by atoms with Crippen LogP contribution in [-0.2, 0) is 5.41 Å². The van der Waals surface area contributed by atoms with Gasteiger partial charge in [-0.25, -0.2) is 9.97 Å². The summed E-state index contributed by atoms with van der Waals surface area (Å²) in [5.74, 6) is 2.34. The van der Waals surface area contributed by atoms with Gasteiger partial charge < -0.3 is 4.74 Å². The van der Waals surface area contributed by atoms with E-state index in [9.17, 15) is 5.26 Å². The number of nitrogens with zero attached hydrogens (tertiary/aromatic N) is 3. The number of aromatic nitrogens is 2. The molecule has 11 rings (SSSR count). The summed E-state index contributed by atoms with van der Waals surface area (Å²) >= 11 is 0. The van der Waals surface area contributed by atoms with Crippen molar-refractivity contribution >= 4 is 10.8 Å². The first-order valence-electron chi connectivity index (χ1n) is 18.8. The largest absolute Gasteiger partial charge is 0.457 e. The maximum atomic E-state index is 9.49. The quantitative estimate of drug-likeness (QED) is 0.182. The van der Waals surface area contributed by atoms with E-state index < -0.39 is 5.41 Å². The molecule has 2 aliphatic rings. The second-order valence-electron chi connectivity index (χ2n) is 14.4. The van der Waals surface area contributed by atoms with Gasteiger partial charge >= 0.3 is 0 Å². The van der Waals surface area contributed by atoms with Crippen molar-refractivity contribution in [3.63, 3.8) is 0 Å². The molecule has 1 aliphatic heterocycles. The molecule has 260 valence electrons. The van der Waals surface area contributed by atoms with Crippen molar-refractivity contribution < 1.29 is 4.74 Å². The molecule has 0 saturated carbocycles. The van der Waals surface area contributed by atoms with Gasteiger partial charge in [-0.3, -0.25) is 0 Å². The third-order valence-corrected chi connectivity index (χ3v) is 11.4. The molecule has 0 fully saturated rings. The van der Waals surface area contributed by atoms with Crippen molar-refractivity contribution in [1.29, 1.82) is 5.26 Å². The Labute approximate surface area is 324 Å². The van der Waals surface area contributed by atoms with E-state index in [1.807, 2.05) is 48.5 Å². The fourth-order valence-corrected chi connectivity index (χ4v) is 8.78. The molecule has 0 amide bonds. The van der Waals surface area contributed by atoms with Gasteiger partial charge in [-0.1, -0.05) is 140 Å². The van der Waals surface area contributed by atoms with Gasteiger partial charge in [0.1, 0.15) is 11.5 Å². The van der Waals surface area contributed by atoms with Crippen molar-refractivity contribution in [2.45, 2.75) is 5.41 Å². The Kier molecular flexibility index (Phi) is 7.10. The van der Waals surface area contributed by atoms with E-state index in [0.717, 1.165) is 61.8 Å². The Balaban J connectivity index is 1.16. The molecule has 4 nitrogen and oxygen atoms in total. The van der Waals surface area contributed by atoms with Crippen LogP contribution in [0.15, 0.2) is 188 Å². The molecule has 0 saturated heterocycles. The molecule has 8 aromatic carbocycles. The summed E-state index contributed by atoms with van der Waals surface area (Å²) < 4.78 is 6.73. The van der Waals surface area contributed by atoms with Crippen LogP contribution in [0, 0.1) is 11.3 Å². The summed E-state index contributed by atoms with van der Waals surface area (Å²) in [4.78, 5) is 10.4. The lowest BCUT2D eigenvalue weighted by Crippen LogP contribution is -2.32. The summed E-state index contributed by atoms with van der Waals surface area (Å²) in [6.45, 7) is 0. The first-order valence-corrected chi connectivity index (χ1v) is 18.8. The van der Waals surface area contributed by atoms with E-state index >= 15 is 0 Å². The predicted octanol–water partition coefficient (Wildman–Crippen LogP) is 12.6. The Morgan fingerprint density at radius 1 is 0.411 bits per heavy atom. The van der Waals surface area contributed by atoms with Gasteiger partial charge in [-0.15, -0.1) is 0 Å². The van der Waals surface area contributed by atoms with E-state index in [1.54, 1.807) is 0 Å². The molecule has 1 unspecified atom stereocenters. The van der Waals surface area contributed by atoms with Crippen LogP contribution in [0.5, 0.6) is 11.5 Å². The fourth-order valence-electron chi connectivity index (χ4n) is 8.78. The van der Waals surface area contributed by atoms with Gasteiger partial charge in [-0.05, 0) is 92.7 Å². The molecule has 56 heavy (non-hydrogen) atoms. The lowest BCUT2D eigenvalue weighted by Gasteiger charge is -2.39. The molecule has 0 N–H and O–H groups in total. The highest BCUT2D eigenvalue weighted by Gasteiger charge is 2.51. The molecular formula is C52H31N3O. The van der Waals surface area contributed by atoms with Gasteiger partial charge in [0.2, 0.25) is 0 Å². The zero-order chi connectivity index (χ0) is 37.2. The van der Waals surface area contributed by atoms with Crippen LogP contribution < -0.4 is 4.74 Å². The van der Waals surface area contributed by atoms with Crippen LogP contribution in [0.2, 0.25) is 0 Å². The minimum atomic E-state index is -0.675. The standard InChI is InChI=1S/C52H31N3O/c53-32-33-18-20-35(21-19-33)38-25-27-50-46(29-38)52(44-16-8-9-17-49(44)56-50)43-15-7-6-14-41(43)42-26-24-40(30-45(42)52)48-31-47(54-51(55-48)36-11-2-1-3-12-36)39-23-22-34-10-4-5-13-37(34)28-39/h1-31H. The maximum absolute atomic E-state index is 9.49. The summed E-state index contributed by atoms with van der Waals surface area (Å²) in [6.07, 6.45) is 0. The second-order valence-corrected chi connectivity index (χ2v) is 14.4. The van der Waals surface area contributed by atoms with Crippen LogP contribution in [0.25, 0.3) is 66.9 Å². The number of hydrogen-bond donors (Lipinski definition) is 0. The SMILES string of the molecule is N#Cc1ccc(-c2ccc3c(c2)C2(c4ccccc4O3)c3ccccc3-c3ccc(-c4cc(-c5ccc6ccccc6c5)nc(-c5ccccc5)n4)cc32)cc1. The molecule has 4 heteroatoms. The Bertz CT molecular complexity index is 3070. The third-order valence-electron chi connectivity index (χ3n) is 11.4. The molecule has 9 aromatic rings. The average molecular weight is 714 g/mol. The fraction of sp³-hybridized carbons (Fsp3) is 0.0192. The van der Waals surface area contributed by atoms with Gasteiger partial charge in [-0.2, -0.15) is 5.26 Å². The molecule has 1 aromatic heterocycles. The number of ether oxygens (including phenoxy) is 1. The van der Waals surface area contributed by atoms with Crippen molar-refractivity contribution in [1.82, 2.24) is 9.97 Å². The van der Waals surface area contributed by atoms with Crippen molar-refractivity contribution in [2.24, 2.45) is 0 Å². The molecule has 0 radical (unpaired) electrons. The lowest BCUT2D eigenvalue weighted by molar-refractivity contribution is 0.436. The minimum Gasteiger partial charge on any atom is -0.457 e. The zero-order valence-electron chi connectivity index (χ0n) is 30.1. The highest BCUT2D eigenvalue weighted by Crippen LogP contribution is 2.62. The number of benzene rings is 8. The van der Waals surface area contributed by atoms with Crippen LogP contribution in [0.4, 0.5) is 0 Å². The summed E-state index contributed by atoms with van der Waals surface area (Å²) in [5.41, 5.74) is 13.7. The highest BCUT2D eigenvalue weighted by molar-refractivity contribution is 5.92. The van der Waals surface area contributed by atoms with Gasteiger partial charge in [0, 0.05) is 27.8 Å². The Morgan fingerprint density at radius 2 is 1.02 bits per heavy atom. The van der Waals surface area contributed by atoms with E-state index in [2.05, 4.69) is 146 Å². The number of nitriles is 1. The second kappa shape index (κ2) is 12.5. The summed E-state index contributed by atoms with van der Waals surface area (Å²) in [5, 5.41) is 11.8. The first kappa shape index (κ1) is 31.9. The normalized spacial score (nSPS) is 14.6. The molecular weight excluding hydrogens is 683 g/mol. The van der Waals surface area contributed by atoms with E-state index in [1.165, 1.54) is 33.0 Å². The van der Waals surface area contributed by atoms with Gasteiger partial charge in [0.05, 0.1) is 28.4 Å². The Hall–Kier alpha value is -7.61. The number of hydrogen-bond acceptors (Lipinski definition) is 4. The molecule has 1 spiro atoms. The number of rotatable bonds is 4. The summed E-state index contributed by atoms with van der Waals surface area (Å²) in [6, 6.07) is 67.8. The van der Waals surface area contributed by atoms with Crippen LogP contribution in [0.1, 0.15) is 27.8 Å². The highest BCUT2D eigenvalue weighted by atomic mass is 16.5. The lowest BCUT2D eigenvalue weighted by atomic mass is 9.65. The molecule has 1 atom stereocenters. The molecule has 1 aliphatic carbocycles. The smallest absolute Gasteiger partial charge is 0.160 e. The van der Waals surface area contributed by atoms with Crippen LogP contribution >= 0.6 is 0 Å². The third kappa shape index (κ3) is 4.85. The average Bonchev–Trinajstić information content (AvgIpc) is 3.56. The molecule has 0 bridgehead atoms. The predicted molar refractivity (Wildman–Crippen MR) is 223 cm³/mol. The monoisotopic (exact) mass is 713 g/mol. The minimum absolute atomic E-state index is 0.635. The summed E-state index contributed by atoms with van der Waals surface area (Å²) in [7, 11) is 0. The number of fused-ring (bicyclic) bond motifs is 10. The zero-order valence-corrected chi connectivity index (χ0v) is 30.1. The number of para-hydroxylation sites is 1. The van der Waals surface area contributed by atoms with Crippen LogP contribution in [0.3, 0.4) is 0 Å². The Morgan fingerprint density at radius 3 is 1.84 bits per heavy atom. The van der Waals surface area contributed by atoms with Gasteiger partial charge in [0.15, 0.2) is 5.82 Å². The topological polar surface area (TPSA) is 58.8 Å². The van der Waals surface area contributed by atoms with Crippen molar-refractivity contribution in [2.75, 3.05) is 0 Å². The molecule has 2 heterocycles. The van der Waals surface area contributed by atoms with E-state index in [-0.39, 0.29) is 0 Å².